The average molecular weight is 628 g/mol. The number of carbonyl (C=O) groups excluding carboxylic acids is 2. The van der Waals surface area contributed by atoms with E-state index in [9.17, 15) is 14.7 Å². The van der Waals surface area contributed by atoms with Crippen LogP contribution in [-0.4, -0.2) is 56.5 Å². The summed E-state index contributed by atoms with van der Waals surface area (Å²) in [6.07, 6.45) is 1.17. The third kappa shape index (κ3) is 9.04. The lowest BCUT2D eigenvalue weighted by atomic mass is 9.99. The Morgan fingerprint density at radius 3 is 2.24 bits per heavy atom. The third-order valence-corrected chi connectivity index (χ3v) is 7.57. The summed E-state index contributed by atoms with van der Waals surface area (Å²) in [6, 6.07) is 14.9. The molecule has 2 aromatic carbocycles. The molecular formula is C30H37Cl3N2O6. The van der Waals surface area contributed by atoms with E-state index in [-0.39, 0.29) is 37.4 Å². The topological polar surface area (TPSA) is 97.3 Å². The molecule has 4 atom stereocenters. The van der Waals surface area contributed by atoms with Crippen LogP contribution in [0.5, 0.6) is 0 Å². The van der Waals surface area contributed by atoms with Crippen LogP contribution in [-0.2, 0) is 37.0 Å². The summed E-state index contributed by atoms with van der Waals surface area (Å²) in [6.45, 7) is 7.16. The maximum atomic E-state index is 12.9. The van der Waals surface area contributed by atoms with Crippen LogP contribution < -0.4 is 5.32 Å². The summed E-state index contributed by atoms with van der Waals surface area (Å²) in [7, 11) is 0. The van der Waals surface area contributed by atoms with Crippen molar-refractivity contribution < 1.29 is 28.9 Å². The lowest BCUT2D eigenvalue weighted by molar-refractivity contribution is -0.253. The number of hydrogen-bond acceptors (Lipinski definition) is 7. The molecule has 8 nitrogen and oxygen atoms in total. The number of aliphatic hydroxyl groups excluding tert-OH is 1. The number of halogens is 3. The van der Waals surface area contributed by atoms with Crippen molar-refractivity contribution in [2.75, 3.05) is 13.1 Å². The molecule has 2 aliphatic heterocycles. The van der Waals surface area contributed by atoms with Crippen LogP contribution in [0, 0.1) is 0 Å². The van der Waals surface area contributed by atoms with Crippen LogP contribution in [0.2, 0.25) is 0 Å². The van der Waals surface area contributed by atoms with Gasteiger partial charge in [0.15, 0.2) is 6.29 Å². The quantitative estimate of drug-likeness (QED) is 0.294. The minimum atomic E-state index is -2.03. The van der Waals surface area contributed by atoms with Crippen molar-refractivity contribution >= 4 is 46.7 Å². The number of benzene rings is 2. The smallest absolute Gasteiger partial charge is 0.323 e. The number of alkyl halides is 3. The van der Waals surface area contributed by atoms with Gasteiger partial charge in [0, 0.05) is 25.1 Å². The van der Waals surface area contributed by atoms with Crippen LogP contribution in [0.3, 0.4) is 0 Å². The first-order chi connectivity index (χ1) is 19.3. The lowest BCUT2D eigenvalue weighted by Gasteiger charge is -2.38. The molecule has 0 spiro atoms. The molecule has 11 heteroatoms. The van der Waals surface area contributed by atoms with Crippen LogP contribution in [0.15, 0.2) is 48.5 Å². The summed E-state index contributed by atoms with van der Waals surface area (Å²) in [4.78, 5) is 27.0. The van der Waals surface area contributed by atoms with Crippen LogP contribution in [0.25, 0.3) is 0 Å². The van der Waals surface area contributed by atoms with E-state index in [1.807, 2.05) is 69.3 Å². The molecule has 4 unspecified atom stereocenters. The van der Waals surface area contributed by atoms with Crippen molar-refractivity contribution in [2.24, 2.45) is 0 Å². The van der Waals surface area contributed by atoms with Gasteiger partial charge in [-0.1, -0.05) is 83.3 Å². The molecule has 0 aliphatic carbocycles. The molecule has 2 aromatic rings. The minimum Gasteiger partial charge on any atom is -0.459 e. The third-order valence-electron chi connectivity index (χ3n) is 7.06. The fraction of sp³-hybridized carbons (Fsp3) is 0.533. The molecule has 2 saturated heterocycles. The molecule has 2 heterocycles. The largest absolute Gasteiger partial charge is 0.459 e. The fourth-order valence-electron chi connectivity index (χ4n) is 5.05. The second kappa shape index (κ2) is 13.6. The summed E-state index contributed by atoms with van der Waals surface area (Å²) >= 11 is 16.9. The van der Waals surface area contributed by atoms with Crippen molar-refractivity contribution in [2.45, 2.75) is 87.1 Å². The number of esters is 1. The predicted molar refractivity (Wildman–Crippen MR) is 157 cm³/mol. The molecule has 1 amide bonds. The van der Waals surface area contributed by atoms with Gasteiger partial charge in [0.25, 0.3) is 9.70 Å². The number of rotatable bonds is 8. The standard InChI is InChI=1S/C30H37Cl3N2O6/c1-29(2,3)41-26(37)24-5-4-14-35(24)17-23-15-25(21-10-8-20(18-36)9-11-21)40-27(39-23)22-12-6-19(7-13-22)16-34-28(38)30(31,32)33/h6-13,23-25,27,36H,4-5,14-18H2,1-3H3,(H,34,38). The molecule has 0 aromatic heterocycles. The number of aliphatic hydroxyl groups is 1. The number of nitrogens with zero attached hydrogens (tertiary/aromatic N) is 1. The second-order valence-electron chi connectivity index (χ2n) is 11.5. The van der Waals surface area contributed by atoms with Gasteiger partial charge < -0.3 is 24.6 Å². The molecule has 2 fully saturated rings. The highest BCUT2D eigenvalue weighted by atomic mass is 35.6. The zero-order chi connectivity index (χ0) is 29.8. The van der Waals surface area contributed by atoms with Crippen LogP contribution in [0.4, 0.5) is 0 Å². The van der Waals surface area contributed by atoms with Gasteiger partial charge in [-0.3, -0.25) is 14.5 Å². The van der Waals surface area contributed by atoms with Gasteiger partial charge >= 0.3 is 5.97 Å². The molecule has 0 bridgehead atoms. The van der Waals surface area contributed by atoms with E-state index in [0.717, 1.165) is 41.6 Å². The van der Waals surface area contributed by atoms with E-state index in [0.29, 0.717) is 13.0 Å². The van der Waals surface area contributed by atoms with E-state index < -0.39 is 21.6 Å². The van der Waals surface area contributed by atoms with Gasteiger partial charge in [-0.15, -0.1) is 0 Å². The number of carbonyl (C=O) groups is 2. The number of hydrogen-bond donors (Lipinski definition) is 2. The number of likely N-dealkylation sites (tertiary alicyclic amines) is 1. The Morgan fingerprint density at radius 1 is 1.00 bits per heavy atom. The highest BCUT2D eigenvalue weighted by Crippen LogP contribution is 2.39. The van der Waals surface area contributed by atoms with Gasteiger partial charge in [0.05, 0.1) is 18.8 Å². The molecule has 41 heavy (non-hydrogen) atoms. The molecule has 2 N–H and O–H groups in total. The zero-order valence-corrected chi connectivity index (χ0v) is 25.7. The number of ether oxygens (including phenoxy) is 3. The average Bonchev–Trinajstić information content (AvgIpc) is 3.38. The minimum absolute atomic E-state index is 0.0321. The van der Waals surface area contributed by atoms with E-state index in [2.05, 4.69) is 10.2 Å². The number of nitrogens with one attached hydrogen (secondary N) is 1. The van der Waals surface area contributed by atoms with E-state index >= 15 is 0 Å². The highest BCUT2D eigenvalue weighted by Gasteiger charge is 2.39. The summed E-state index contributed by atoms with van der Waals surface area (Å²) in [5.41, 5.74) is 2.89. The first kappa shape index (κ1) is 32.0. The van der Waals surface area contributed by atoms with E-state index in [1.165, 1.54) is 0 Å². The normalized spacial score (nSPS) is 23.8. The lowest BCUT2D eigenvalue weighted by Crippen LogP contribution is -2.45. The monoisotopic (exact) mass is 626 g/mol. The van der Waals surface area contributed by atoms with Crippen LogP contribution in [0.1, 0.15) is 74.7 Å². The van der Waals surface area contributed by atoms with Crippen LogP contribution >= 0.6 is 34.8 Å². The molecular weight excluding hydrogens is 591 g/mol. The van der Waals surface area contributed by atoms with Gasteiger partial charge in [0.1, 0.15) is 11.6 Å². The van der Waals surface area contributed by atoms with Gasteiger partial charge in [0.2, 0.25) is 0 Å². The second-order valence-corrected chi connectivity index (χ2v) is 13.7. The summed E-state index contributed by atoms with van der Waals surface area (Å²) in [5.74, 6) is -0.901. The van der Waals surface area contributed by atoms with Crippen molar-refractivity contribution in [3.8, 4) is 0 Å². The Kier molecular flexibility index (Phi) is 10.6. The van der Waals surface area contributed by atoms with Crippen molar-refractivity contribution in [1.29, 1.82) is 0 Å². The Balaban J connectivity index is 1.49. The zero-order valence-electron chi connectivity index (χ0n) is 23.4. The van der Waals surface area contributed by atoms with Crippen molar-refractivity contribution in [1.82, 2.24) is 10.2 Å². The molecule has 2 aliphatic rings. The van der Waals surface area contributed by atoms with Crippen molar-refractivity contribution in [3.63, 3.8) is 0 Å². The Labute approximate surface area is 256 Å². The fourth-order valence-corrected chi connectivity index (χ4v) is 5.25. The Bertz CT molecular complexity index is 1180. The molecule has 0 radical (unpaired) electrons. The Morgan fingerprint density at radius 2 is 1.63 bits per heavy atom. The highest BCUT2D eigenvalue weighted by molar-refractivity contribution is 6.76. The van der Waals surface area contributed by atoms with Gasteiger partial charge in [-0.2, -0.15) is 0 Å². The molecule has 4 rings (SSSR count). The first-order valence-electron chi connectivity index (χ1n) is 13.7. The number of amides is 1. The van der Waals surface area contributed by atoms with E-state index in [4.69, 9.17) is 49.0 Å². The van der Waals surface area contributed by atoms with Gasteiger partial charge in [-0.25, -0.2) is 0 Å². The molecule has 224 valence electrons. The SMILES string of the molecule is CC(C)(C)OC(=O)C1CCCN1CC1CC(c2ccc(CO)cc2)OC(c2ccc(CNC(=O)C(Cl)(Cl)Cl)cc2)O1. The Hall–Kier alpha value is -1.91. The summed E-state index contributed by atoms with van der Waals surface area (Å²) < 4.78 is 16.6. The summed E-state index contributed by atoms with van der Waals surface area (Å²) in [5, 5.41) is 12.1. The first-order valence-corrected chi connectivity index (χ1v) is 14.9. The van der Waals surface area contributed by atoms with Crippen molar-refractivity contribution in [3.05, 3.63) is 70.8 Å². The van der Waals surface area contributed by atoms with Gasteiger partial charge in [-0.05, 0) is 56.8 Å². The maximum Gasteiger partial charge on any atom is 0.323 e. The predicted octanol–water partition coefficient (Wildman–Crippen LogP) is 5.52. The van der Waals surface area contributed by atoms with E-state index in [1.54, 1.807) is 0 Å². The molecule has 0 saturated carbocycles. The maximum absolute atomic E-state index is 12.9.